The molecule has 4 atom stereocenters. The van der Waals surface area contributed by atoms with E-state index in [2.05, 4.69) is 22.8 Å². The Balaban J connectivity index is 1.28. The second-order valence-corrected chi connectivity index (χ2v) is 8.76. The topological polar surface area (TPSA) is 24.1 Å². The lowest BCUT2D eigenvalue weighted by atomic mass is 9.82. The minimum atomic E-state index is 0.818. The Kier molecular flexibility index (Phi) is 5.40. The molecule has 0 aliphatic heterocycles. The van der Waals surface area contributed by atoms with Gasteiger partial charge in [-0.05, 0) is 68.9 Å². The van der Waals surface area contributed by atoms with Gasteiger partial charge in [0, 0.05) is 12.1 Å². The van der Waals surface area contributed by atoms with E-state index in [1.807, 2.05) is 0 Å². The number of hydrogen-bond acceptors (Lipinski definition) is 2. The van der Waals surface area contributed by atoms with Crippen molar-refractivity contribution >= 4 is 0 Å². The summed E-state index contributed by atoms with van der Waals surface area (Å²) in [5, 5.41) is 7.91. The summed E-state index contributed by atoms with van der Waals surface area (Å²) in [6, 6.07) is 1.64. The van der Waals surface area contributed by atoms with Crippen LogP contribution in [-0.2, 0) is 0 Å². The lowest BCUT2D eigenvalue weighted by Gasteiger charge is -2.33. The van der Waals surface area contributed by atoms with Crippen LogP contribution in [0.5, 0.6) is 0 Å². The zero-order chi connectivity index (χ0) is 15.5. The normalized spacial score (nSPS) is 38.4. The summed E-state index contributed by atoms with van der Waals surface area (Å²) in [5.41, 5.74) is 0. The highest BCUT2D eigenvalue weighted by molar-refractivity contribution is 5.14. The van der Waals surface area contributed by atoms with Crippen LogP contribution < -0.4 is 10.6 Å². The Bertz CT molecular complexity index is 357. The Labute approximate surface area is 142 Å². The molecule has 0 aromatic carbocycles. The van der Waals surface area contributed by atoms with Crippen LogP contribution in [0.15, 0.2) is 12.2 Å². The monoisotopic (exact) mass is 316 g/mol. The molecule has 23 heavy (non-hydrogen) atoms. The van der Waals surface area contributed by atoms with E-state index in [1.54, 1.807) is 0 Å². The fraction of sp³-hybridized carbons (Fsp3) is 0.905. The maximum absolute atomic E-state index is 3.95. The quantitative estimate of drug-likeness (QED) is 0.715. The SMILES string of the molecule is C1=C[C@H]2C[C@@H]1[C@@H](CNC1CCCCC1)[C@@H]2CNC1CCCCC1. The molecule has 2 bridgehead atoms. The van der Waals surface area contributed by atoms with Gasteiger partial charge in [0.25, 0.3) is 0 Å². The highest BCUT2D eigenvalue weighted by Crippen LogP contribution is 2.47. The van der Waals surface area contributed by atoms with E-state index < -0.39 is 0 Å². The van der Waals surface area contributed by atoms with Crippen LogP contribution in [0.4, 0.5) is 0 Å². The molecule has 3 saturated carbocycles. The largest absolute Gasteiger partial charge is 0.314 e. The van der Waals surface area contributed by atoms with E-state index >= 15 is 0 Å². The van der Waals surface area contributed by atoms with E-state index in [1.165, 1.54) is 83.7 Å². The van der Waals surface area contributed by atoms with Gasteiger partial charge in [-0.1, -0.05) is 50.7 Å². The second kappa shape index (κ2) is 7.70. The van der Waals surface area contributed by atoms with Crippen LogP contribution in [0.25, 0.3) is 0 Å². The Hall–Kier alpha value is -0.340. The first-order valence-electron chi connectivity index (χ1n) is 10.6. The van der Waals surface area contributed by atoms with Crippen LogP contribution in [0.1, 0.15) is 70.6 Å². The van der Waals surface area contributed by atoms with Crippen molar-refractivity contribution < 1.29 is 0 Å². The zero-order valence-corrected chi connectivity index (χ0v) is 14.8. The van der Waals surface area contributed by atoms with Crippen LogP contribution in [-0.4, -0.2) is 25.2 Å². The van der Waals surface area contributed by atoms with Gasteiger partial charge in [0.2, 0.25) is 0 Å². The van der Waals surface area contributed by atoms with Gasteiger partial charge in [-0.3, -0.25) is 0 Å². The third kappa shape index (κ3) is 3.85. The van der Waals surface area contributed by atoms with E-state index in [4.69, 9.17) is 0 Å². The molecule has 2 heteroatoms. The van der Waals surface area contributed by atoms with E-state index in [0.29, 0.717) is 0 Å². The smallest absolute Gasteiger partial charge is 0.00671 e. The van der Waals surface area contributed by atoms with Gasteiger partial charge < -0.3 is 10.6 Å². The molecule has 130 valence electrons. The fourth-order valence-corrected chi connectivity index (χ4v) is 5.85. The summed E-state index contributed by atoms with van der Waals surface area (Å²) >= 11 is 0. The van der Waals surface area contributed by atoms with Crippen molar-refractivity contribution in [2.24, 2.45) is 23.7 Å². The molecule has 3 fully saturated rings. The second-order valence-electron chi connectivity index (χ2n) is 8.76. The van der Waals surface area contributed by atoms with Crippen molar-refractivity contribution in [3.63, 3.8) is 0 Å². The molecule has 0 saturated heterocycles. The molecule has 0 amide bonds. The molecule has 2 N–H and O–H groups in total. The first kappa shape index (κ1) is 16.1. The standard InChI is InChI=1S/C21H36N2/c1-3-7-18(8-4-1)22-14-20-16-11-12-17(13-16)21(20)15-23-19-9-5-2-6-10-19/h11-12,16-23H,1-10,13-15H2/t16-,17+,20-,21-/m1/s1. The van der Waals surface area contributed by atoms with Gasteiger partial charge >= 0.3 is 0 Å². The molecule has 0 aromatic heterocycles. The molecule has 4 aliphatic carbocycles. The van der Waals surface area contributed by atoms with Crippen molar-refractivity contribution in [1.29, 1.82) is 0 Å². The Morgan fingerprint density at radius 2 is 1.04 bits per heavy atom. The summed E-state index contributed by atoms with van der Waals surface area (Å²) in [7, 11) is 0. The number of nitrogens with one attached hydrogen (secondary N) is 2. The fourth-order valence-electron chi connectivity index (χ4n) is 5.85. The first-order valence-corrected chi connectivity index (χ1v) is 10.6. The number of hydrogen-bond donors (Lipinski definition) is 2. The summed E-state index contributed by atoms with van der Waals surface area (Å²) < 4.78 is 0. The van der Waals surface area contributed by atoms with Gasteiger partial charge in [0.1, 0.15) is 0 Å². The molecule has 4 rings (SSSR count). The van der Waals surface area contributed by atoms with Gasteiger partial charge in [0.15, 0.2) is 0 Å². The zero-order valence-electron chi connectivity index (χ0n) is 14.8. The maximum Gasteiger partial charge on any atom is 0.00671 e. The Morgan fingerprint density at radius 1 is 0.609 bits per heavy atom. The molecule has 0 radical (unpaired) electrons. The molecule has 2 nitrogen and oxygen atoms in total. The third-order valence-electron chi connectivity index (χ3n) is 7.29. The van der Waals surface area contributed by atoms with Crippen LogP contribution in [0, 0.1) is 23.7 Å². The molecule has 0 aromatic rings. The maximum atomic E-state index is 3.95. The van der Waals surface area contributed by atoms with Gasteiger partial charge in [0.05, 0.1) is 0 Å². The summed E-state index contributed by atoms with van der Waals surface area (Å²) in [6.07, 6.45) is 20.9. The predicted octanol–water partition coefficient (Wildman–Crippen LogP) is 4.27. The van der Waals surface area contributed by atoms with Gasteiger partial charge in [-0.15, -0.1) is 0 Å². The van der Waals surface area contributed by atoms with Gasteiger partial charge in [-0.25, -0.2) is 0 Å². The average molecular weight is 317 g/mol. The summed E-state index contributed by atoms with van der Waals surface area (Å²) in [4.78, 5) is 0. The van der Waals surface area contributed by atoms with Crippen LogP contribution in [0.3, 0.4) is 0 Å². The lowest BCUT2D eigenvalue weighted by molar-refractivity contribution is 0.246. The van der Waals surface area contributed by atoms with E-state index in [0.717, 1.165) is 35.8 Å². The number of fused-ring (bicyclic) bond motifs is 2. The van der Waals surface area contributed by atoms with Crippen LogP contribution in [0.2, 0.25) is 0 Å². The number of rotatable bonds is 6. The summed E-state index contributed by atoms with van der Waals surface area (Å²) in [5.74, 6) is 3.52. The average Bonchev–Trinajstić information content (AvgIpc) is 3.21. The van der Waals surface area contributed by atoms with Gasteiger partial charge in [-0.2, -0.15) is 0 Å². The van der Waals surface area contributed by atoms with E-state index in [-0.39, 0.29) is 0 Å². The lowest BCUT2D eigenvalue weighted by Crippen LogP contribution is -2.42. The highest BCUT2D eigenvalue weighted by Gasteiger charge is 2.44. The molecular weight excluding hydrogens is 280 g/mol. The molecule has 4 aliphatic rings. The first-order chi connectivity index (χ1) is 11.4. The number of allylic oxidation sites excluding steroid dienone is 2. The summed E-state index contributed by atoms with van der Waals surface area (Å²) in [6.45, 7) is 2.54. The van der Waals surface area contributed by atoms with Crippen molar-refractivity contribution in [2.75, 3.05) is 13.1 Å². The molecular formula is C21H36N2. The Morgan fingerprint density at radius 3 is 1.48 bits per heavy atom. The van der Waals surface area contributed by atoms with Crippen molar-refractivity contribution in [1.82, 2.24) is 10.6 Å². The van der Waals surface area contributed by atoms with Crippen molar-refractivity contribution in [3.05, 3.63) is 12.2 Å². The van der Waals surface area contributed by atoms with E-state index in [9.17, 15) is 0 Å². The van der Waals surface area contributed by atoms with Crippen molar-refractivity contribution in [3.8, 4) is 0 Å². The highest BCUT2D eigenvalue weighted by atomic mass is 14.9. The minimum Gasteiger partial charge on any atom is -0.314 e. The minimum absolute atomic E-state index is 0.818. The molecule has 0 unspecified atom stereocenters. The molecule has 0 heterocycles. The third-order valence-corrected chi connectivity index (χ3v) is 7.29. The predicted molar refractivity (Wildman–Crippen MR) is 97.5 cm³/mol. The van der Waals surface area contributed by atoms with Crippen molar-refractivity contribution in [2.45, 2.75) is 82.7 Å². The molecule has 0 spiro atoms. The van der Waals surface area contributed by atoms with Crippen LogP contribution >= 0.6 is 0 Å².